The number of alkyl halides is 1. The second kappa shape index (κ2) is 7.01. The lowest BCUT2D eigenvalue weighted by molar-refractivity contribution is -0.116. The molecule has 4 nitrogen and oxygen atoms in total. The van der Waals surface area contributed by atoms with E-state index < -0.39 is 5.97 Å². The second-order valence-corrected chi connectivity index (χ2v) is 3.86. The van der Waals surface area contributed by atoms with Crippen molar-refractivity contribution >= 4 is 23.4 Å². The zero-order valence-corrected chi connectivity index (χ0v) is 11.1. The zero-order valence-electron chi connectivity index (χ0n) is 10.4. The summed E-state index contributed by atoms with van der Waals surface area (Å²) in [6.07, 6.45) is 0.139. The number of benzene rings is 1. The smallest absolute Gasteiger partial charge is 0.338 e. The van der Waals surface area contributed by atoms with Crippen molar-refractivity contribution in [2.24, 2.45) is 0 Å². The Kier molecular flexibility index (Phi) is 5.65. The van der Waals surface area contributed by atoms with Crippen LogP contribution in [0.15, 0.2) is 18.2 Å². The summed E-state index contributed by atoms with van der Waals surface area (Å²) in [4.78, 5) is 22.9. The van der Waals surface area contributed by atoms with Gasteiger partial charge in [-0.1, -0.05) is 0 Å². The average Bonchev–Trinajstić information content (AvgIpc) is 2.38. The highest BCUT2D eigenvalue weighted by atomic mass is 35.5. The molecule has 0 N–H and O–H groups in total. The number of carbonyl (C=O) groups is 2. The molecule has 1 rings (SSSR count). The zero-order chi connectivity index (χ0) is 13.5. The van der Waals surface area contributed by atoms with E-state index in [0.717, 1.165) is 0 Å². The van der Waals surface area contributed by atoms with Gasteiger partial charge in [0.15, 0.2) is 5.78 Å². The van der Waals surface area contributed by atoms with Crippen LogP contribution >= 0.6 is 11.6 Å². The highest BCUT2D eigenvalue weighted by Crippen LogP contribution is 2.21. The van der Waals surface area contributed by atoms with Gasteiger partial charge in [-0.15, -0.1) is 11.6 Å². The van der Waals surface area contributed by atoms with Crippen LogP contribution in [0.25, 0.3) is 0 Å². The van der Waals surface area contributed by atoms with Gasteiger partial charge >= 0.3 is 5.97 Å². The second-order valence-electron chi connectivity index (χ2n) is 3.60. The van der Waals surface area contributed by atoms with Crippen molar-refractivity contribution in [3.05, 3.63) is 29.3 Å². The molecular formula is C13H15ClO4. The van der Waals surface area contributed by atoms with Crippen LogP contribution in [0.4, 0.5) is 0 Å². The minimum atomic E-state index is -0.417. The Morgan fingerprint density at radius 1 is 1.33 bits per heavy atom. The Morgan fingerprint density at radius 2 is 2.06 bits per heavy atom. The van der Waals surface area contributed by atoms with E-state index in [1.54, 1.807) is 25.1 Å². The van der Waals surface area contributed by atoms with Gasteiger partial charge < -0.3 is 9.47 Å². The minimum Gasteiger partial charge on any atom is -0.496 e. The van der Waals surface area contributed by atoms with Crippen LogP contribution in [0, 0.1) is 0 Å². The lowest BCUT2D eigenvalue weighted by Gasteiger charge is -2.09. The number of ketones is 1. The number of esters is 1. The molecule has 0 heterocycles. The maximum Gasteiger partial charge on any atom is 0.338 e. The lowest BCUT2D eigenvalue weighted by Crippen LogP contribution is -2.09. The Hall–Kier alpha value is -1.55. The molecule has 0 aromatic heterocycles. The van der Waals surface area contributed by atoms with Crippen molar-refractivity contribution in [3.8, 4) is 5.75 Å². The van der Waals surface area contributed by atoms with Crippen LogP contribution in [0.2, 0.25) is 0 Å². The van der Waals surface area contributed by atoms with Crippen LogP contribution in [0.5, 0.6) is 5.75 Å². The van der Waals surface area contributed by atoms with E-state index in [1.165, 1.54) is 7.11 Å². The number of hydrogen-bond donors (Lipinski definition) is 0. The highest BCUT2D eigenvalue weighted by molar-refractivity contribution is 6.27. The van der Waals surface area contributed by atoms with Gasteiger partial charge in [-0.25, -0.2) is 4.79 Å². The number of carbonyl (C=O) groups excluding carboxylic acids is 2. The minimum absolute atomic E-state index is 0.0627. The summed E-state index contributed by atoms with van der Waals surface area (Å²) in [7, 11) is 1.51. The van der Waals surface area contributed by atoms with Crippen LogP contribution < -0.4 is 4.74 Å². The molecular weight excluding hydrogens is 256 g/mol. The molecule has 0 radical (unpaired) electrons. The maximum absolute atomic E-state index is 11.6. The number of hydrogen-bond acceptors (Lipinski definition) is 4. The third kappa shape index (κ3) is 3.74. The Labute approximate surface area is 111 Å². The molecule has 0 bridgehead atoms. The monoisotopic (exact) mass is 270 g/mol. The summed E-state index contributed by atoms with van der Waals surface area (Å²) in [6, 6.07) is 4.84. The topological polar surface area (TPSA) is 52.6 Å². The van der Waals surface area contributed by atoms with Crippen molar-refractivity contribution in [2.75, 3.05) is 19.6 Å². The molecule has 1 aromatic carbocycles. The summed E-state index contributed by atoms with van der Waals surface area (Å²) < 4.78 is 10.0. The number of Topliss-reactive ketones (excluding diaryl/α,β-unsaturated/α-hetero) is 1. The van der Waals surface area contributed by atoms with E-state index >= 15 is 0 Å². The first-order valence-corrected chi connectivity index (χ1v) is 6.07. The van der Waals surface area contributed by atoms with Crippen LogP contribution in [-0.2, 0) is 16.0 Å². The Morgan fingerprint density at radius 3 is 2.61 bits per heavy atom. The third-order valence-corrected chi connectivity index (χ3v) is 2.63. The number of methoxy groups -OCH3 is 1. The van der Waals surface area contributed by atoms with E-state index in [4.69, 9.17) is 21.1 Å². The van der Waals surface area contributed by atoms with E-state index in [-0.39, 0.29) is 18.1 Å². The van der Waals surface area contributed by atoms with Crippen molar-refractivity contribution < 1.29 is 19.1 Å². The van der Waals surface area contributed by atoms with Gasteiger partial charge in [0.1, 0.15) is 5.75 Å². The Balaban J connectivity index is 3.01. The van der Waals surface area contributed by atoms with Crippen molar-refractivity contribution in [3.63, 3.8) is 0 Å². The van der Waals surface area contributed by atoms with E-state index in [2.05, 4.69) is 0 Å². The van der Waals surface area contributed by atoms with E-state index in [0.29, 0.717) is 23.5 Å². The number of rotatable bonds is 6. The number of halogens is 1. The molecule has 0 spiro atoms. The molecule has 98 valence electrons. The predicted octanol–water partition coefficient (Wildman–Crippen LogP) is 2.22. The van der Waals surface area contributed by atoms with Gasteiger partial charge in [0.25, 0.3) is 0 Å². The quantitative estimate of drug-likeness (QED) is 0.587. The fourth-order valence-electron chi connectivity index (χ4n) is 1.52. The third-order valence-electron chi connectivity index (χ3n) is 2.33. The van der Waals surface area contributed by atoms with Gasteiger partial charge in [0, 0.05) is 12.0 Å². The first kappa shape index (κ1) is 14.5. The van der Waals surface area contributed by atoms with E-state index in [1.807, 2.05) is 0 Å². The van der Waals surface area contributed by atoms with Gasteiger partial charge in [-0.3, -0.25) is 4.79 Å². The summed E-state index contributed by atoms with van der Waals surface area (Å²) in [5.41, 5.74) is 1.03. The van der Waals surface area contributed by atoms with Crippen molar-refractivity contribution in [2.45, 2.75) is 13.3 Å². The van der Waals surface area contributed by atoms with Crippen molar-refractivity contribution in [1.82, 2.24) is 0 Å². The van der Waals surface area contributed by atoms with Gasteiger partial charge in [0.05, 0.1) is 25.2 Å². The van der Waals surface area contributed by atoms with Gasteiger partial charge in [-0.2, -0.15) is 0 Å². The molecule has 0 aliphatic rings. The van der Waals surface area contributed by atoms with Gasteiger partial charge in [0.2, 0.25) is 0 Å². The van der Waals surface area contributed by atoms with E-state index in [9.17, 15) is 9.59 Å². The fourth-order valence-corrected chi connectivity index (χ4v) is 1.61. The largest absolute Gasteiger partial charge is 0.496 e. The molecule has 1 aromatic rings. The maximum atomic E-state index is 11.6. The van der Waals surface area contributed by atoms with Crippen molar-refractivity contribution in [1.29, 1.82) is 0 Å². The first-order chi connectivity index (χ1) is 8.62. The lowest BCUT2D eigenvalue weighted by atomic mass is 10.0. The SMILES string of the molecule is CCOC(=O)c1ccc(OC)c(CC(=O)CCl)c1. The molecule has 0 fully saturated rings. The normalized spacial score (nSPS) is 9.94. The molecule has 18 heavy (non-hydrogen) atoms. The number of ether oxygens (including phenoxy) is 2. The molecule has 0 aliphatic carbocycles. The molecule has 0 unspecified atom stereocenters. The molecule has 0 atom stereocenters. The van der Waals surface area contributed by atoms with Crippen LogP contribution in [0.3, 0.4) is 0 Å². The standard InChI is InChI=1S/C13H15ClO4/c1-3-18-13(16)9-4-5-12(17-2)10(6-9)7-11(15)8-14/h4-6H,3,7-8H2,1-2H3. The first-order valence-electron chi connectivity index (χ1n) is 5.54. The molecule has 0 saturated heterocycles. The van der Waals surface area contributed by atoms with Crippen LogP contribution in [0.1, 0.15) is 22.8 Å². The summed E-state index contributed by atoms with van der Waals surface area (Å²) >= 11 is 5.47. The highest BCUT2D eigenvalue weighted by Gasteiger charge is 2.13. The summed E-state index contributed by atoms with van der Waals surface area (Å²) in [6.45, 7) is 2.04. The molecule has 0 saturated carbocycles. The fraction of sp³-hybridized carbons (Fsp3) is 0.385. The molecule has 0 aliphatic heterocycles. The average molecular weight is 271 g/mol. The predicted molar refractivity (Wildman–Crippen MR) is 68.4 cm³/mol. The summed E-state index contributed by atoms with van der Waals surface area (Å²) in [5.74, 6) is -0.0514. The van der Waals surface area contributed by atoms with Gasteiger partial charge in [-0.05, 0) is 25.1 Å². The Bertz CT molecular complexity index is 443. The van der Waals surface area contributed by atoms with Crippen LogP contribution in [-0.4, -0.2) is 31.3 Å². The summed E-state index contributed by atoms with van der Waals surface area (Å²) in [5, 5.41) is 0. The molecule has 5 heteroatoms. The molecule has 0 amide bonds.